The summed E-state index contributed by atoms with van der Waals surface area (Å²) in [5.74, 6) is -1.07. The molecule has 0 saturated carbocycles. The topological polar surface area (TPSA) is 76.1 Å². The van der Waals surface area contributed by atoms with Gasteiger partial charge in [0, 0.05) is 11.6 Å². The molecule has 21 heavy (non-hydrogen) atoms. The molecule has 114 valence electrons. The van der Waals surface area contributed by atoms with Gasteiger partial charge in [-0.25, -0.2) is 4.79 Å². The van der Waals surface area contributed by atoms with Crippen LogP contribution in [-0.4, -0.2) is 54.3 Å². The molecule has 0 radical (unpaired) electrons. The van der Waals surface area contributed by atoms with Gasteiger partial charge < -0.3 is 19.5 Å². The highest BCUT2D eigenvalue weighted by atomic mass is 35.5. The van der Waals surface area contributed by atoms with Gasteiger partial charge in [0.25, 0.3) is 5.91 Å². The molecule has 1 aliphatic heterocycles. The van der Waals surface area contributed by atoms with E-state index in [0.29, 0.717) is 22.3 Å². The molecule has 2 rings (SSSR count). The average molecular weight is 334 g/mol. The van der Waals surface area contributed by atoms with Gasteiger partial charge in [0.05, 0.1) is 18.2 Å². The van der Waals surface area contributed by atoms with E-state index >= 15 is 0 Å². The number of nitrogens with zero attached hydrogens (tertiary/aromatic N) is 1. The van der Waals surface area contributed by atoms with Crippen molar-refractivity contribution in [3.05, 3.63) is 28.2 Å². The molecule has 1 saturated heterocycles. The van der Waals surface area contributed by atoms with Crippen LogP contribution in [0.15, 0.2) is 18.2 Å². The summed E-state index contributed by atoms with van der Waals surface area (Å²) in [6, 6.07) is 4.68. The van der Waals surface area contributed by atoms with Crippen LogP contribution < -0.4 is 4.74 Å². The predicted molar refractivity (Wildman–Crippen MR) is 75.9 cm³/mol. The molecule has 1 N–H and O–H groups in total. The number of carboxylic acid groups (broad SMARTS) is 1. The van der Waals surface area contributed by atoms with Crippen molar-refractivity contribution in [2.24, 2.45) is 0 Å². The fourth-order valence-electron chi connectivity index (χ4n) is 1.85. The minimum atomic E-state index is -1.09. The molecule has 1 amide bonds. The molecule has 0 spiro atoms. The molecule has 1 aromatic rings. The van der Waals surface area contributed by atoms with Crippen LogP contribution in [0.5, 0.6) is 5.75 Å². The van der Waals surface area contributed by atoms with Gasteiger partial charge in [-0.2, -0.15) is 0 Å². The molecule has 1 aromatic carbocycles. The van der Waals surface area contributed by atoms with Crippen molar-refractivity contribution in [2.75, 3.05) is 26.3 Å². The van der Waals surface area contributed by atoms with Gasteiger partial charge >= 0.3 is 5.97 Å². The van der Waals surface area contributed by atoms with Crippen LogP contribution in [0.4, 0.5) is 0 Å². The number of hydrogen-bond acceptors (Lipinski definition) is 4. The zero-order chi connectivity index (χ0) is 15.4. The molecular formula is C13H13Cl2NO5. The first kappa shape index (κ1) is 15.9. The fourth-order valence-corrected chi connectivity index (χ4v) is 2.31. The Hall–Kier alpha value is -1.50. The van der Waals surface area contributed by atoms with E-state index < -0.39 is 12.1 Å². The Kier molecular flexibility index (Phi) is 5.27. The van der Waals surface area contributed by atoms with Crippen LogP contribution in [0.2, 0.25) is 10.0 Å². The second-order valence-electron chi connectivity index (χ2n) is 4.40. The minimum Gasteiger partial charge on any atom is -0.482 e. The maximum absolute atomic E-state index is 12.0. The molecule has 8 heteroatoms. The predicted octanol–water partition coefficient (Wildman–Crippen LogP) is 1.68. The second-order valence-corrected chi connectivity index (χ2v) is 5.24. The summed E-state index contributed by atoms with van der Waals surface area (Å²) in [6.45, 7) is 0.296. The average Bonchev–Trinajstić information content (AvgIpc) is 2.46. The molecule has 1 aliphatic rings. The van der Waals surface area contributed by atoms with E-state index in [2.05, 4.69) is 0 Å². The maximum atomic E-state index is 12.0. The van der Waals surface area contributed by atoms with Crippen molar-refractivity contribution in [2.45, 2.75) is 6.10 Å². The Morgan fingerprint density at radius 1 is 1.43 bits per heavy atom. The number of carbonyl (C=O) groups is 2. The zero-order valence-corrected chi connectivity index (χ0v) is 12.4. The van der Waals surface area contributed by atoms with Gasteiger partial charge in [0.15, 0.2) is 12.7 Å². The maximum Gasteiger partial charge on any atom is 0.334 e. The lowest BCUT2D eigenvalue weighted by atomic mass is 10.2. The minimum absolute atomic E-state index is 0.00583. The summed E-state index contributed by atoms with van der Waals surface area (Å²) in [7, 11) is 0. The first-order valence-electron chi connectivity index (χ1n) is 6.17. The quantitative estimate of drug-likeness (QED) is 0.907. The summed E-state index contributed by atoms with van der Waals surface area (Å²) in [5, 5.41) is 9.66. The van der Waals surface area contributed by atoms with Crippen molar-refractivity contribution < 1.29 is 24.2 Å². The van der Waals surface area contributed by atoms with Crippen LogP contribution in [0.1, 0.15) is 0 Å². The van der Waals surface area contributed by atoms with E-state index in [9.17, 15) is 9.59 Å². The van der Waals surface area contributed by atoms with Crippen LogP contribution in [-0.2, 0) is 14.3 Å². The Morgan fingerprint density at radius 3 is 2.86 bits per heavy atom. The fraction of sp³-hybridized carbons (Fsp3) is 0.385. The van der Waals surface area contributed by atoms with E-state index in [1.807, 2.05) is 0 Å². The zero-order valence-electron chi connectivity index (χ0n) is 10.9. The van der Waals surface area contributed by atoms with E-state index in [4.69, 9.17) is 37.8 Å². The van der Waals surface area contributed by atoms with E-state index in [0.717, 1.165) is 0 Å². The standard InChI is InChI=1S/C13H13Cl2NO5/c14-8-1-2-10(9(15)5-8)21-7-12(17)16-3-4-20-11(6-16)13(18)19/h1-2,5,11H,3-4,6-7H2,(H,18,19)/t11-/m0/s1. The number of hydrogen-bond donors (Lipinski definition) is 1. The smallest absolute Gasteiger partial charge is 0.334 e. The van der Waals surface area contributed by atoms with Crippen molar-refractivity contribution >= 4 is 35.1 Å². The van der Waals surface area contributed by atoms with Crippen LogP contribution in [0, 0.1) is 0 Å². The monoisotopic (exact) mass is 333 g/mol. The lowest BCUT2D eigenvalue weighted by Gasteiger charge is -2.30. The van der Waals surface area contributed by atoms with Crippen molar-refractivity contribution in [3.63, 3.8) is 0 Å². The summed E-state index contributed by atoms with van der Waals surface area (Å²) < 4.78 is 10.4. The lowest BCUT2D eigenvalue weighted by molar-refractivity contribution is -0.159. The summed E-state index contributed by atoms with van der Waals surface area (Å²) >= 11 is 11.7. The molecule has 0 aliphatic carbocycles. The van der Waals surface area contributed by atoms with Crippen molar-refractivity contribution in [1.82, 2.24) is 4.90 Å². The number of halogens is 2. The summed E-state index contributed by atoms with van der Waals surface area (Å²) in [6.07, 6.45) is -0.998. The molecule has 0 aromatic heterocycles. The molecule has 0 unspecified atom stereocenters. The largest absolute Gasteiger partial charge is 0.482 e. The van der Waals surface area contributed by atoms with Crippen LogP contribution >= 0.6 is 23.2 Å². The first-order chi connectivity index (χ1) is 9.97. The molecule has 1 atom stereocenters. The molecule has 1 fully saturated rings. The number of benzene rings is 1. The SMILES string of the molecule is O=C(O)[C@@H]1CN(C(=O)COc2ccc(Cl)cc2Cl)CCO1. The van der Waals surface area contributed by atoms with Gasteiger partial charge in [0.2, 0.25) is 0 Å². The molecular weight excluding hydrogens is 321 g/mol. The number of rotatable bonds is 4. The number of aliphatic carboxylic acids is 1. The number of carbonyl (C=O) groups excluding carboxylic acids is 1. The Labute approximate surface area is 131 Å². The van der Waals surface area contributed by atoms with E-state index in [1.165, 1.54) is 11.0 Å². The third-order valence-corrected chi connectivity index (χ3v) is 3.47. The van der Waals surface area contributed by atoms with E-state index in [-0.39, 0.29) is 25.7 Å². The van der Waals surface area contributed by atoms with Crippen LogP contribution in [0.3, 0.4) is 0 Å². The Bertz CT molecular complexity index is 551. The second kappa shape index (κ2) is 6.98. The summed E-state index contributed by atoms with van der Waals surface area (Å²) in [5.41, 5.74) is 0. The Morgan fingerprint density at radius 2 is 2.19 bits per heavy atom. The van der Waals surface area contributed by atoms with Crippen LogP contribution in [0.25, 0.3) is 0 Å². The Balaban J connectivity index is 1.90. The van der Waals surface area contributed by atoms with Gasteiger partial charge in [0.1, 0.15) is 5.75 Å². The van der Waals surface area contributed by atoms with Crippen molar-refractivity contribution in [1.29, 1.82) is 0 Å². The first-order valence-corrected chi connectivity index (χ1v) is 6.93. The number of morpholine rings is 1. The van der Waals surface area contributed by atoms with E-state index in [1.54, 1.807) is 12.1 Å². The number of amides is 1. The van der Waals surface area contributed by atoms with Gasteiger partial charge in [-0.15, -0.1) is 0 Å². The molecule has 6 nitrogen and oxygen atoms in total. The van der Waals surface area contributed by atoms with Gasteiger partial charge in [-0.3, -0.25) is 4.79 Å². The highest BCUT2D eigenvalue weighted by Gasteiger charge is 2.29. The highest BCUT2D eigenvalue weighted by molar-refractivity contribution is 6.35. The third-order valence-electron chi connectivity index (χ3n) is 2.94. The number of ether oxygens (including phenoxy) is 2. The molecule has 1 heterocycles. The summed E-state index contributed by atoms with van der Waals surface area (Å²) in [4.78, 5) is 24.3. The third kappa shape index (κ3) is 4.23. The van der Waals surface area contributed by atoms with Gasteiger partial charge in [-0.1, -0.05) is 23.2 Å². The molecule has 0 bridgehead atoms. The highest BCUT2D eigenvalue weighted by Crippen LogP contribution is 2.27. The van der Waals surface area contributed by atoms with Gasteiger partial charge in [-0.05, 0) is 18.2 Å². The van der Waals surface area contributed by atoms with Crippen molar-refractivity contribution in [3.8, 4) is 5.75 Å². The normalized spacial score (nSPS) is 18.4. The lowest BCUT2D eigenvalue weighted by Crippen LogP contribution is -2.49. The number of carboxylic acids is 1.